The number of fused-ring (bicyclic) bond motifs is 3. The van der Waals surface area contributed by atoms with Crippen LogP contribution in [0.3, 0.4) is 0 Å². The Kier molecular flexibility index (Phi) is 5.41. The molecule has 130 valence electrons. The first-order valence-electron chi connectivity index (χ1n) is 8.30. The van der Waals surface area contributed by atoms with Gasteiger partial charge in [0, 0.05) is 35.5 Å². The number of nitrogens with one attached hydrogen (secondary N) is 1. The minimum Gasteiger partial charge on any atom is -0.488 e. The third-order valence-electron chi connectivity index (χ3n) is 4.74. The first kappa shape index (κ1) is 17.9. The fourth-order valence-electron chi connectivity index (χ4n) is 3.54. The molecule has 0 aromatic heterocycles. The summed E-state index contributed by atoms with van der Waals surface area (Å²) in [6, 6.07) is 18.8. The highest BCUT2D eigenvalue weighted by Gasteiger charge is 2.26. The van der Waals surface area contributed by atoms with Crippen molar-refractivity contribution in [2.75, 3.05) is 17.7 Å². The van der Waals surface area contributed by atoms with E-state index in [2.05, 4.69) is 48.6 Å². The van der Waals surface area contributed by atoms with Crippen LogP contribution in [0, 0.1) is 6.92 Å². The van der Waals surface area contributed by atoms with Gasteiger partial charge in [-0.25, -0.2) is 0 Å². The molecule has 0 saturated carbocycles. The number of alkyl halides is 1. The van der Waals surface area contributed by atoms with Gasteiger partial charge in [-0.2, -0.15) is 0 Å². The quantitative estimate of drug-likeness (QED) is 0.575. The highest BCUT2D eigenvalue weighted by atomic mass is 35.5. The lowest BCUT2D eigenvalue weighted by atomic mass is 9.92. The van der Waals surface area contributed by atoms with E-state index in [-0.39, 0.29) is 12.4 Å². The van der Waals surface area contributed by atoms with Crippen LogP contribution in [-0.4, -0.2) is 12.4 Å². The molecule has 1 aliphatic heterocycles. The fourth-order valence-corrected chi connectivity index (χ4v) is 3.81. The number of ether oxygens (including phenoxy) is 1. The second-order valence-corrected chi connectivity index (χ2v) is 6.65. The number of anilines is 1. The van der Waals surface area contributed by atoms with Crippen molar-refractivity contribution in [2.24, 2.45) is 0 Å². The molecule has 4 heteroatoms. The molecule has 1 aliphatic rings. The summed E-state index contributed by atoms with van der Waals surface area (Å²) in [6.07, 6.45) is 0. The van der Waals surface area contributed by atoms with Crippen LogP contribution >= 0.6 is 24.0 Å². The van der Waals surface area contributed by atoms with Crippen molar-refractivity contribution in [3.63, 3.8) is 0 Å². The van der Waals surface area contributed by atoms with Gasteiger partial charge in [0.05, 0.1) is 0 Å². The Bertz CT molecular complexity index is 880. The largest absolute Gasteiger partial charge is 0.488 e. The van der Waals surface area contributed by atoms with E-state index >= 15 is 0 Å². The minimum absolute atomic E-state index is 0. The van der Waals surface area contributed by atoms with Gasteiger partial charge in [0.25, 0.3) is 0 Å². The molecular formula is C21H21Cl2NO. The molecule has 0 aliphatic carbocycles. The molecule has 1 heterocycles. The molecule has 0 saturated heterocycles. The number of halogens is 2. The highest BCUT2D eigenvalue weighted by Crippen LogP contribution is 2.43. The summed E-state index contributed by atoms with van der Waals surface area (Å²) in [5.41, 5.74) is 4.94. The van der Waals surface area contributed by atoms with Crippen LogP contribution in [0.2, 0.25) is 0 Å². The Labute approximate surface area is 159 Å². The molecular weight excluding hydrogens is 353 g/mol. The van der Waals surface area contributed by atoms with Gasteiger partial charge in [-0.3, -0.25) is 0 Å². The molecule has 2 nitrogen and oxygen atoms in total. The first-order valence-corrected chi connectivity index (χ1v) is 8.84. The Hall–Kier alpha value is -1.90. The van der Waals surface area contributed by atoms with Crippen LogP contribution in [0.1, 0.15) is 22.6 Å². The van der Waals surface area contributed by atoms with Crippen molar-refractivity contribution in [1.29, 1.82) is 0 Å². The number of benzene rings is 3. The smallest absolute Gasteiger partial charge is 0.129 e. The second kappa shape index (κ2) is 7.55. The van der Waals surface area contributed by atoms with Crippen molar-refractivity contribution in [3.8, 4) is 5.75 Å². The number of rotatable bonds is 4. The molecule has 0 bridgehead atoms. The SMILES string of the molecule is Cc1cccc2c(OCc3ccccc3)cc3c(c12)[C@H](CCl)CN3.Cl. The van der Waals surface area contributed by atoms with Gasteiger partial charge in [-0.1, -0.05) is 48.5 Å². The average Bonchev–Trinajstić information content (AvgIpc) is 3.03. The van der Waals surface area contributed by atoms with Gasteiger partial charge in [0.2, 0.25) is 0 Å². The molecule has 3 aromatic carbocycles. The second-order valence-electron chi connectivity index (χ2n) is 6.34. The summed E-state index contributed by atoms with van der Waals surface area (Å²) in [4.78, 5) is 0. The minimum atomic E-state index is 0. The van der Waals surface area contributed by atoms with E-state index in [4.69, 9.17) is 16.3 Å². The van der Waals surface area contributed by atoms with E-state index in [1.165, 1.54) is 27.5 Å². The maximum atomic E-state index is 6.20. The van der Waals surface area contributed by atoms with Crippen LogP contribution < -0.4 is 10.1 Å². The third-order valence-corrected chi connectivity index (χ3v) is 5.12. The number of hydrogen-bond donors (Lipinski definition) is 1. The van der Waals surface area contributed by atoms with Crippen molar-refractivity contribution in [1.82, 2.24) is 0 Å². The van der Waals surface area contributed by atoms with E-state index in [1.54, 1.807) is 0 Å². The zero-order chi connectivity index (χ0) is 16.5. The molecule has 1 N–H and O–H groups in total. The molecule has 0 fully saturated rings. The van der Waals surface area contributed by atoms with E-state index < -0.39 is 0 Å². The Balaban J connectivity index is 0.00000182. The van der Waals surface area contributed by atoms with Gasteiger partial charge in [-0.05, 0) is 29.0 Å². The van der Waals surface area contributed by atoms with Gasteiger partial charge < -0.3 is 10.1 Å². The molecule has 0 spiro atoms. The predicted octanol–water partition coefficient (Wildman–Crippen LogP) is 5.90. The van der Waals surface area contributed by atoms with E-state index in [0.29, 0.717) is 18.4 Å². The Morgan fingerprint density at radius 1 is 1.12 bits per heavy atom. The van der Waals surface area contributed by atoms with Crippen LogP contribution in [0.25, 0.3) is 10.8 Å². The topological polar surface area (TPSA) is 21.3 Å². The van der Waals surface area contributed by atoms with Crippen molar-refractivity contribution in [3.05, 3.63) is 71.3 Å². The Morgan fingerprint density at radius 2 is 1.92 bits per heavy atom. The van der Waals surface area contributed by atoms with Crippen molar-refractivity contribution < 1.29 is 4.74 Å². The fraction of sp³-hybridized carbons (Fsp3) is 0.238. The standard InChI is InChI=1S/C21H20ClNO.ClH/c1-14-6-5-9-17-19(24-13-15-7-3-2-4-8-15)10-18-21(20(14)17)16(11-22)12-23-18;/h2-10,16,23H,11-13H2,1H3;1H/t16-;/m1./s1. The summed E-state index contributed by atoms with van der Waals surface area (Å²) in [5.74, 6) is 1.92. The zero-order valence-electron chi connectivity index (χ0n) is 14.1. The normalized spacial score (nSPS) is 15.4. The summed E-state index contributed by atoms with van der Waals surface area (Å²) in [7, 11) is 0. The lowest BCUT2D eigenvalue weighted by molar-refractivity contribution is 0.310. The summed E-state index contributed by atoms with van der Waals surface area (Å²) < 4.78 is 6.18. The predicted molar refractivity (Wildman–Crippen MR) is 109 cm³/mol. The summed E-state index contributed by atoms with van der Waals surface area (Å²) in [6.45, 7) is 3.62. The maximum Gasteiger partial charge on any atom is 0.129 e. The monoisotopic (exact) mass is 373 g/mol. The van der Waals surface area contributed by atoms with Crippen molar-refractivity contribution >= 4 is 40.5 Å². The van der Waals surface area contributed by atoms with Gasteiger partial charge in [0.1, 0.15) is 12.4 Å². The average molecular weight is 374 g/mol. The van der Waals surface area contributed by atoms with E-state index in [9.17, 15) is 0 Å². The Morgan fingerprint density at radius 3 is 2.68 bits per heavy atom. The molecule has 0 radical (unpaired) electrons. The lowest BCUT2D eigenvalue weighted by Crippen LogP contribution is -2.03. The first-order chi connectivity index (χ1) is 11.8. The van der Waals surface area contributed by atoms with Crippen LogP contribution in [0.5, 0.6) is 5.75 Å². The van der Waals surface area contributed by atoms with E-state index in [1.807, 2.05) is 18.2 Å². The highest BCUT2D eigenvalue weighted by molar-refractivity contribution is 6.18. The van der Waals surface area contributed by atoms with Gasteiger partial charge in [-0.15, -0.1) is 24.0 Å². The van der Waals surface area contributed by atoms with Crippen LogP contribution in [0.15, 0.2) is 54.6 Å². The molecule has 4 rings (SSSR count). The number of hydrogen-bond acceptors (Lipinski definition) is 2. The zero-order valence-corrected chi connectivity index (χ0v) is 15.7. The lowest BCUT2D eigenvalue weighted by Gasteiger charge is -2.16. The third kappa shape index (κ3) is 3.29. The maximum absolute atomic E-state index is 6.20. The van der Waals surface area contributed by atoms with E-state index in [0.717, 1.165) is 18.0 Å². The molecule has 1 atom stereocenters. The van der Waals surface area contributed by atoms with Gasteiger partial charge in [0.15, 0.2) is 0 Å². The molecule has 3 aromatic rings. The molecule has 25 heavy (non-hydrogen) atoms. The molecule has 0 unspecified atom stereocenters. The van der Waals surface area contributed by atoms with Crippen LogP contribution in [0.4, 0.5) is 5.69 Å². The number of aryl methyl sites for hydroxylation is 1. The molecule has 0 amide bonds. The van der Waals surface area contributed by atoms with Crippen molar-refractivity contribution in [2.45, 2.75) is 19.4 Å². The van der Waals surface area contributed by atoms with Gasteiger partial charge >= 0.3 is 0 Å². The van der Waals surface area contributed by atoms with Crippen LogP contribution in [-0.2, 0) is 6.61 Å². The summed E-state index contributed by atoms with van der Waals surface area (Å²) in [5, 5.41) is 5.95. The summed E-state index contributed by atoms with van der Waals surface area (Å²) >= 11 is 6.20.